The monoisotopic (exact) mass is 394 g/mol. The molecular weight excluding hydrogens is 372 g/mol. The highest BCUT2D eigenvalue weighted by Crippen LogP contribution is 2.30. The van der Waals surface area contributed by atoms with E-state index in [9.17, 15) is 9.90 Å². The van der Waals surface area contributed by atoms with Crippen molar-refractivity contribution in [2.24, 2.45) is 0 Å². The van der Waals surface area contributed by atoms with Gasteiger partial charge in [-0.15, -0.1) is 0 Å². The van der Waals surface area contributed by atoms with E-state index in [0.29, 0.717) is 24.2 Å². The molecule has 3 aromatic heterocycles. The van der Waals surface area contributed by atoms with E-state index in [2.05, 4.69) is 10.2 Å². The topological polar surface area (TPSA) is 109 Å². The number of carbonyl (C=O) groups excluding carboxylic acids is 1. The Kier molecular flexibility index (Phi) is 4.42. The summed E-state index contributed by atoms with van der Waals surface area (Å²) in [4.78, 5) is 14.0. The van der Waals surface area contributed by atoms with Crippen LogP contribution < -0.4 is 0 Å². The predicted molar refractivity (Wildman–Crippen MR) is 104 cm³/mol. The van der Waals surface area contributed by atoms with Crippen LogP contribution in [0.1, 0.15) is 38.8 Å². The lowest BCUT2D eigenvalue weighted by atomic mass is 10.1. The van der Waals surface area contributed by atoms with Gasteiger partial charge in [0.25, 0.3) is 0 Å². The quantitative estimate of drug-likeness (QED) is 0.716. The third-order valence-corrected chi connectivity index (χ3v) is 4.84. The van der Waals surface area contributed by atoms with Crippen molar-refractivity contribution in [2.75, 3.05) is 13.1 Å². The van der Waals surface area contributed by atoms with Crippen LogP contribution in [0.15, 0.2) is 30.9 Å². The van der Waals surface area contributed by atoms with Crippen molar-refractivity contribution in [2.45, 2.75) is 38.8 Å². The molecule has 1 atom stereocenters. The predicted octanol–water partition coefficient (Wildman–Crippen LogP) is 2.96. The van der Waals surface area contributed by atoms with Crippen LogP contribution in [0.4, 0.5) is 4.79 Å². The van der Waals surface area contributed by atoms with Gasteiger partial charge in [0.2, 0.25) is 0 Å². The average molecular weight is 394 g/mol. The van der Waals surface area contributed by atoms with E-state index < -0.39 is 5.60 Å². The highest BCUT2D eigenvalue weighted by Gasteiger charge is 2.31. The van der Waals surface area contributed by atoms with Gasteiger partial charge in [-0.2, -0.15) is 15.5 Å². The fourth-order valence-electron chi connectivity index (χ4n) is 3.48. The van der Waals surface area contributed by atoms with Crippen LogP contribution in [0.25, 0.3) is 16.6 Å². The van der Waals surface area contributed by atoms with Crippen molar-refractivity contribution < 1.29 is 14.6 Å². The molecule has 4 heterocycles. The Morgan fingerprint density at radius 3 is 2.79 bits per heavy atom. The van der Waals surface area contributed by atoms with Gasteiger partial charge >= 0.3 is 6.09 Å². The second-order valence-electron chi connectivity index (χ2n) is 8.16. The van der Waals surface area contributed by atoms with E-state index >= 15 is 0 Å². The fourth-order valence-corrected chi connectivity index (χ4v) is 3.48. The van der Waals surface area contributed by atoms with E-state index in [1.54, 1.807) is 23.4 Å². The molecule has 0 saturated carbocycles. The molecule has 29 heavy (non-hydrogen) atoms. The minimum Gasteiger partial charge on any atom is -0.506 e. The van der Waals surface area contributed by atoms with Crippen LogP contribution in [-0.2, 0) is 4.74 Å². The zero-order valence-electron chi connectivity index (χ0n) is 16.5. The first-order valence-corrected chi connectivity index (χ1v) is 9.38. The molecule has 0 bridgehead atoms. The van der Waals surface area contributed by atoms with Crippen molar-refractivity contribution >= 4 is 11.6 Å². The summed E-state index contributed by atoms with van der Waals surface area (Å²) in [7, 11) is 0. The van der Waals surface area contributed by atoms with E-state index in [4.69, 9.17) is 10.00 Å². The Morgan fingerprint density at radius 2 is 2.07 bits per heavy atom. The lowest BCUT2D eigenvalue weighted by Gasteiger charge is -2.24. The minimum atomic E-state index is -0.521. The molecule has 0 spiro atoms. The van der Waals surface area contributed by atoms with Crippen LogP contribution in [0.2, 0.25) is 0 Å². The highest BCUT2D eigenvalue weighted by atomic mass is 16.6. The molecule has 0 unspecified atom stereocenters. The Balaban J connectivity index is 1.53. The first kappa shape index (κ1) is 18.8. The summed E-state index contributed by atoms with van der Waals surface area (Å²) in [5.41, 5.74) is 1.72. The van der Waals surface area contributed by atoms with E-state index in [0.717, 1.165) is 17.5 Å². The van der Waals surface area contributed by atoms with E-state index in [1.807, 2.05) is 37.7 Å². The number of nitrogens with zero attached hydrogens (tertiary/aromatic N) is 6. The standard InChI is InChI=1S/C20H22N6O3/c1-20(2,3)29-19(28)24-5-4-16(12-24)25-11-15(9-22-25)13-6-17(27)18-14(7-21)8-23-26(18)10-13/h6,8-11,16,27H,4-5,12H2,1-3H3/t16-/m0/s1. The number of pyridine rings is 1. The van der Waals surface area contributed by atoms with Crippen LogP contribution in [0, 0.1) is 11.3 Å². The molecule has 9 nitrogen and oxygen atoms in total. The average Bonchev–Trinajstić information content (AvgIpc) is 3.38. The molecule has 1 fully saturated rings. The third-order valence-electron chi connectivity index (χ3n) is 4.84. The van der Waals surface area contributed by atoms with Crippen molar-refractivity contribution in [3.05, 3.63) is 36.4 Å². The second kappa shape index (κ2) is 6.81. The van der Waals surface area contributed by atoms with Crippen LogP contribution in [-0.4, -0.2) is 54.2 Å². The van der Waals surface area contributed by atoms with Crippen molar-refractivity contribution in [3.8, 4) is 22.9 Å². The van der Waals surface area contributed by atoms with Gasteiger partial charge in [0.15, 0.2) is 0 Å². The Morgan fingerprint density at radius 1 is 1.28 bits per heavy atom. The molecular formula is C20H22N6O3. The number of rotatable bonds is 2. The molecule has 1 aliphatic rings. The first-order valence-electron chi connectivity index (χ1n) is 9.38. The van der Waals surface area contributed by atoms with Gasteiger partial charge in [-0.05, 0) is 33.3 Å². The second-order valence-corrected chi connectivity index (χ2v) is 8.16. The van der Waals surface area contributed by atoms with Gasteiger partial charge in [0.1, 0.15) is 28.5 Å². The normalized spacial score (nSPS) is 16.9. The molecule has 0 radical (unpaired) electrons. The summed E-state index contributed by atoms with van der Waals surface area (Å²) in [6, 6.07) is 3.67. The lowest BCUT2D eigenvalue weighted by Crippen LogP contribution is -2.35. The largest absolute Gasteiger partial charge is 0.506 e. The Bertz CT molecular complexity index is 1120. The number of hydrogen-bond acceptors (Lipinski definition) is 6. The number of amides is 1. The third kappa shape index (κ3) is 3.61. The zero-order valence-corrected chi connectivity index (χ0v) is 16.5. The summed E-state index contributed by atoms with van der Waals surface area (Å²) in [6.45, 7) is 6.70. The molecule has 1 aliphatic heterocycles. The van der Waals surface area contributed by atoms with Crippen LogP contribution >= 0.6 is 0 Å². The molecule has 1 N–H and O–H groups in total. The van der Waals surface area contributed by atoms with Gasteiger partial charge in [-0.3, -0.25) is 4.68 Å². The van der Waals surface area contributed by atoms with E-state index in [-0.39, 0.29) is 17.9 Å². The number of likely N-dealkylation sites (tertiary alicyclic amines) is 1. The van der Waals surface area contributed by atoms with Gasteiger partial charge in [0.05, 0.1) is 18.4 Å². The SMILES string of the molecule is CC(C)(C)OC(=O)N1CC[C@H](n2cc(-c3cc(O)c4c(C#N)cnn4c3)cn2)C1. The molecule has 150 valence electrons. The fraction of sp³-hybridized carbons (Fsp3) is 0.400. The first-order chi connectivity index (χ1) is 13.7. The molecule has 9 heteroatoms. The van der Waals surface area contributed by atoms with Crippen LogP contribution in [0.5, 0.6) is 5.75 Å². The maximum Gasteiger partial charge on any atom is 0.410 e. The minimum absolute atomic E-state index is 0.0127. The van der Waals surface area contributed by atoms with Gasteiger partial charge < -0.3 is 14.7 Å². The number of aromatic hydroxyl groups is 1. The molecule has 0 aliphatic carbocycles. The van der Waals surface area contributed by atoms with Crippen molar-refractivity contribution in [1.29, 1.82) is 5.26 Å². The summed E-state index contributed by atoms with van der Waals surface area (Å²) < 4.78 is 8.77. The number of fused-ring (bicyclic) bond motifs is 1. The molecule has 0 aromatic carbocycles. The van der Waals surface area contributed by atoms with Gasteiger partial charge in [-0.1, -0.05) is 0 Å². The van der Waals surface area contributed by atoms with Crippen LogP contribution in [0.3, 0.4) is 0 Å². The zero-order chi connectivity index (χ0) is 20.8. The Hall–Kier alpha value is -3.54. The summed E-state index contributed by atoms with van der Waals surface area (Å²) in [5, 5.41) is 28.0. The summed E-state index contributed by atoms with van der Waals surface area (Å²) in [6.07, 6.45) is 7.25. The summed E-state index contributed by atoms with van der Waals surface area (Å²) in [5.74, 6) is -0.0127. The smallest absolute Gasteiger partial charge is 0.410 e. The molecule has 3 aromatic rings. The molecule has 1 saturated heterocycles. The highest BCUT2D eigenvalue weighted by molar-refractivity contribution is 5.74. The van der Waals surface area contributed by atoms with Gasteiger partial charge in [-0.25, -0.2) is 9.31 Å². The lowest BCUT2D eigenvalue weighted by molar-refractivity contribution is 0.0288. The summed E-state index contributed by atoms with van der Waals surface area (Å²) >= 11 is 0. The molecule has 1 amide bonds. The van der Waals surface area contributed by atoms with Crippen molar-refractivity contribution in [1.82, 2.24) is 24.3 Å². The number of hydrogen-bond donors (Lipinski definition) is 1. The number of carbonyl (C=O) groups is 1. The Labute approximate surface area is 167 Å². The van der Waals surface area contributed by atoms with E-state index in [1.165, 1.54) is 10.7 Å². The number of nitriles is 1. The molecule has 4 rings (SSSR count). The maximum atomic E-state index is 12.3. The maximum absolute atomic E-state index is 12.3. The number of ether oxygens (including phenoxy) is 1. The number of aromatic nitrogens is 4. The van der Waals surface area contributed by atoms with Crippen molar-refractivity contribution in [3.63, 3.8) is 0 Å². The van der Waals surface area contributed by atoms with Gasteiger partial charge in [0, 0.05) is 36.6 Å².